The van der Waals surface area contributed by atoms with E-state index in [4.69, 9.17) is 4.74 Å². The molecule has 2 aliphatic carbocycles. The number of carbonyl (C=O) groups is 1. The van der Waals surface area contributed by atoms with Crippen LogP contribution in [0.3, 0.4) is 0 Å². The Bertz CT molecular complexity index is 442. The van der Waals surface area contributed by atoms with Crippen LogP contribution in [0.2, 0.25) is 0 Å². The van der Waals surface area contributed by atoms with E-state index in [9.17, 15) is 9.90 Å². The highest BCUT2D eigenvalue weighted by Crippen LogP contribution is 2.51. The number of hydrogen-bond acceptors (Lipinski definition) is 3. The van der Waals surface area contributed by atoms with Crippen molar-refractivity contribution in [2.45, 2.75) is 84.3 Å². The molecule has 24 heavy (non-hydrogen) atoms. The molecule has 0 aromatic heterocycles. The number of carbonyl (C=O) groups excluding carboxylic acids is 1. The molecule has 1 amide bonds. The van der Waals surface area contributed by atoms with Gasteiger partial charge in [0.15, 0.2) is 0 Å². The molecule has 2 saturated carbocycles. The molecule has 1 aliphatic heterocycles. The van der Waals surface area contributed by atoms with Crippen molar-refractivity contribution in [2.24, 2.45) is 16.7 Å². The first kappa shape index (κ1) is 18.2. The summed E-state index contributed by atoms with van der Waals surface area (Å²) in [6.45, 7) is 8.99. The predicted octanol–water partition coefficient (Wildman–Crippen LogP) is 3.37. The number of aliphatic hydroxyl groups is 1. The lowest BCUT2D eigenvalue weighted by molar-refractivity contribution is -0.210. The van der Waals surface area contributed by atoms with Gasteiger partial charge in [0, 0.05) is 38.0 Å². The molecular weight excluding hydrogens is 302 g/mol. The fourth-order valence-electron chi connectivity index (χ4n) is 5.03. The Morgan fingerprint density at radius 2 is 1.79 bits per heavy atom. The lowest BCUT2D eigenvalue weighted by Crippen LogP contribution is -2.62. The fourth-order valence-corrected chi connectivity index (χ4v) is 5.03. The van der Waals surface area contributed by atoms with Gasteiger partial charge in [0.05, 0.1) is 12.2 Å². The summed E-state index contributed by atoms with van der Waals surface area (Å²) in [6, 6.07) is 0. The first-order valence-corrected chi connectivity index (χ1v) is 9.94. The van der Waals surface area contributed by atoms with Crippen molar-refractivity contribution in [3.8, 4) is 0 Å². The quantitative estimate of drug-likeness (QED) is 0.855. The number of ether oxygens (including phenoxy) is 1. The van der Waals surface area contributed by atoms with E-state index in [0.29, 0.717) is 23.8 Å². The molecule has 3 rings (SSSR count). The van der Waals surface area contributed by atoms with E-state index in [0.717, 1.165) is 38.8 Å². The van der Waals surface area contributed by atoms with E-state index >= 15 is 0 Å². The maximum Gasteiger partial charge on any atom is 0.222 e. The monoisotopic (exact) mass is 337 g/mol. The van der Waals surface area contributed by atoms with Gasteiger partial charge in [0.25, 0.3) is 0 Å². The van der Waals surface area contributed by atoms with E-state index in [1.165, 1.54) is 25.7 Å². The van der Waals surface area contributed by atoms with Crippen LogP contribution in [0.5, 0.6) is 0 Å². The van der Waals surface area contributed by atoms with Crippen molar-refractivity contribution >= 4 is 5.91 Å². The highest BCUT2D eigenvalue weighted by molar-refractivity contribution is 5.76. The lowest BCUT2D eigenvalue weighted by Gasteiger charge is -2.56. The number of rotatable bonds is 4. The SMILES string of the molecule is CCOC1CC(O)C12CCN(C(=O)CC1CCC(C)(C)CC1)CC2. The van der Waals surface area contributed by atoms with Crippen LogP contribution in [0.15, 0.2) is 0 Å². The minimum atomic E-state index is -0.244. The van der Waals surface area contributed by atoms with Gasteiger partial charge in [-0.2, -0.15) is 0 Å². The van der Waals surface area contributed by atoms with Crippen LogP contribution < -0.4 is 0 Å². The largest absolute Gasteiger partial charge is 0.392 e. The highest BCUT2D eigenvalue weighted by atomic mass is 16.5. The molecule has 0 radical (unpaired) electrons. The smallest absolute Gasteiger partial charge is 0.222 e. The van der Waals surface area contributed by atoms with Gasteiger partial charge in [0.1, 0.15) is 0 Å². The number of piperidine rings is 1. The van der Waals surface area contributed by atoms with E-state index in [-0.39, 0.29) is 17.6 Å². The van der Waals surface area contributed by atoms with Crippen LogP contribution in [-0.2, 0) is 9.53 Å². The van der Waals surface area contributed by atoms with Crippen molar-refractivity contribution in [3.63, 3.8) is 0 Å². The van der Waals surface area contributed by atoms with Gasteiger partial charge in [-0.05, 0) is 56.8 Å². The standard InChI is InChI=1S/C20H35NO3/c1-4-24-17-14-16(22)20(17)9-11-21(12-10-20)18(23)13-15-5-7-19(2,3)8-6-15/h15-17,22H,4-14H2,1-3H3. The molecule has 1 spiro atoms. The van der Waals surface area contributed by atoms with E-state index in [1.807, 2.05) is 11.8 Å². The first-order valence-electron chi connectivity index (χ1n) is 9.94. The molecular formula is C20H35NO3. The molecule has 3 aliphatic rings. The molecule has 138 valence electrons. The molecule has 0 bridgehead atoms. The summed E-state index contributed by atoms with van der Waals surface area (Å²) < 4.78 is 5.81. The topological polar surface area (TPSA) is 49.8 Å². The average Bonchev–Trinajstić information content (AvgIpc) is 2.57. The van der Waals surface area contributed by atoms with Crippen LogP contribution in [0.1, 0.15) is 72.1 Å². The van der Waals surface area contributed by atoms with Gasteiger partial charge in [-0.15, -0.1) is 0 Å². The number of aliphatic hydroxyl groups excluding tert-OH is 1. The second-order valence-electron chi connectivity index (χ2n) is 9.12. The van der Waals surface area contributed by atoms with E-state index in [2.05, 4.69) is 13.8 Å². The van der Waals surface area contributed by atoms with Crippen LogP contribution in [-0.4, -0.2) is 47.8 Å². The lowest BCUT2D eigenvalue weighted by atomic mass is 9.58. The maximum atomic E-state index is 12.7. The first-order chi connectivity index (χ1) is 11.4. The van der Waals surface area contributed by atoms with Crippen molar-refractivity contribution in [1.29, 1.82) is 0 Å². The summed E-state index contributed by atoms with van der Waals surface area (Å²) in [7, 11) is 0. The minimum absolute atomic E-state index is 0.0817. The zero-order chi connectivity index (χ0) is 17.4. The summed E-state index contributed by atoms with van der Waals surface area (Å²) in [5.41, 5.74) is 0.382. The summed E-state index contributed by atoms with van der Waals surface area (Å²) in [5, 5.41) is 10.3. The second-order valence-corrected chi connectivity index (χ2v) is 9.12. The number of hydrogen-bond donors (Lipinski definition) is 1. The molecule has 1 heterocycles. The normalized spacial score (nSPS) is 32.6. The third kappa shape index (κ3) is 3.50. The minimum Gasteiger partial charge on any atom is -0.392 e. The number of nitrogens with zero attached hydrogens (tertiary/aromatic N) is 1. The molecule has 3 fully saturated rings. The Hall–Kier alpha value is -0.610. The highest BCUT2D eigenvalue weighted by Gasteiger charge is 2.56. The van der Waals surface area contributed by atoms with Crippen LogP contribution in [0.4, 0.5) is 0 Å². The summed E-state index contributed by atoms with van der Waals surface area (Å²) in [6.07, 6.45) is 8.10. The molecule has 1 saturated heterocycles. The van der Waals surface area contributed by atoms with E-state index < -0.39 is 0 Å². The predicted molar refractivity (Wildman–Crippen MR) is 94.6 cm³/mol. The van der Waals surface area contributed by atoms with Crippen molar-refractivity contribution in [2.75, 3.05) is 19.7 Å². The molecule has 2 unspecified atom stereocenters. The van der Waals surface area contributed by atoms with Crippen molar-refractivity contribution < 1.29 is 14.6 Å². The van der Waals surface area contributed by atoms with E-state index in [1.54, 1.807) is 0 Å². The van der Waals surface area contributed by atoms with Gasteiger partial charge >= 0.3 is 0 Å². The Morgan fingerprint density at radius 1 is 1.17 bits per heavy atom. The van der Waals surface area contributed by atoms with Crippen molar-refractivity contribution in [3.05, 3.63) is 0 Å². The zero-order valence-corrected chi connectivity index (χ0v) is 15.7. The van der Waals surface area contributed by atoms with Gasteiger partial charge in [-0.25, -0.2) is 0 Å². The molecule has 0 aromatic rings. The number of amides is 1. The summed E-state index contributed by atoms with van der Waals surface area (Å²) >= 11 is 0. The molecule has 0 aromatic carbocycles. The third-order valence-corrected chi connectivity index (χ3v) is 7.08. The van der Waals surface area contributed by atoms with Gasteiger partial charge < -0.3 is 14.7 Å². The Morgan fingerprint density at radius 3 is 2.33 bits per heavy atom. The molecule has 1 N–H and O–H groups in total. The average molecular weight is 338 g/mol. The molecule has 2 atom stereocenters. The van der Waals surface area contributed by atoms with Crippen LogP contribution >= 0.6 is 0 Å². The Kier molecular flexibility index (Phi) is 5.27. The molecule has 4 heteroatoms. The second kappa shape index (κ2) is 6.95. The number of likely N-dealkylation sites (tertiary alicyclic amines) is 1. The maximum absolute atomic E-state index is 12.7. The van der Waals surface area contributed by atoms with Gasteiger partial charge in [-0.1, -0.05) is 13.8 Å². The fraction of sp³-hybridized carbons (Fsp3) is 0.950. The Labute approximate surface area is 146 Å². The van der Waals surface area contributed by atoms with Crippen LogP contribution in [0.25, 0.3) is 0 Å². The molecule has 4 nitrogen and oxygen atoms in total. The third-order valence-electron chi connectivity index (χ3n) is 7.08. The van der Waals surface area contributed by atoms with Gasteiger partial charge in [0.2, 0.25) is 5.91 Å². The summed E-state index contributed by atoms with van der Waals surface area (Å²) in [4.78, 5) is 14.7. The zero-order valence-electron chi connectivity index (χ0n) is 15.7. The Balaban J connectivity index is 1.47. The van der Waals surface area contributed by atoms with Crippen molar-refractivity contribution in [1.82, 2.24) is 4.90 Å². The van der Waals surface area contributed by atoms with Gasteiger partial charge in [-0.3, -0.25) is 4.79 Å². The summed E-state index contributed by atoms with van der Waals surface area (Å²) in [5.74, 6) is 0.906. The van der Waals surface area contributed by atoms with Crippen LogP contribution in [0, 0.1) is 16.7 Å².